The molecular weight excluding hydrogens is 180 g/mol. The van der Waals surface area contributed by atoms with Crippen molar-refractivity contribution in [3.05, 3.63) is 18.3 Å². The molecule has 0 aliphatic rings. The molecule has 0 aromatic carbocycles. The molecule has 1 N–H and O–H groups in total. The minimum absolute atomic E-state index is 0.549. The SMILES string of the molecule is CCNCCOc1ncccc1OC. The minimum atomic E-state index is 0.549. The molecule has 4 heteroatoms. The molecule has 0 unspecified atom stereocenters. The summed E-state index contributed by atoms with van der Waals surface area (Å²) in [5, 5.41) is 3.16. The van der Waals surface area contributed by atoms with Crippen molar-refractivity contribution in [2.24, 2.45) is 0 Å². The topological polar surface area (TPSA) is 43.4 Å². The van der Waals surface area contributed by atoms with Crippen LogP contribution in [-0.4, -0.2) is 31.8 Å². The normalized spacial score (nSPS) is 9.86. The average molecular weight is 196 g/mol. The Hall–Kier alpha value is -1.29. The van der Waals surface area contributed by atoms with Gasteiger partial charge in [0.1, 0.15) is 6.61 Å². The van der Waals surface area contributed by atoms with E-state index in [0.717, 1.165) is 13.1 Å². The van der Waals surface area contributed by atoms with Gasteiger partial charge in [0, 0.05) is 12.7 Å². The first kappa shape index (κ1) is 10.8. The highest BCUT2D eigenvalue weighted by molar-refractivity contribution is 5.32. The first-order valence-electron chi connectivity index (χ1n) is 4.71. The van der Waals surface area contributed by atoms with Crippen LogP contribution in [0.4, 0.5) is 0 Å². The summed E-state index contributed by atoms with van der Waals surface area (Å²) in [5.41, 5.74) is 0. The van der Waals surface area contributed by atoms with Gasteiger partial charge in [-0.25, -0.2) is 4.98 Å². The van der Waals surface area contributed by atoms with Crippen molar-refractivity contribution in [1.82, 2.24) is 10.3 Å². The minimum Gasteiger partial charge on any atom is -0.491 e. The van der Waals surface area contributed by atoms with Crippen LogP contribution < -0.4 is 14.8 Å². The van der Waals surface area contributed by atoms with Crippen molar-refractivity contribution < 1.29 is 9.47 Å². The molecule has 4 nitrogen and oxygen atoms in total. The summed E-state index contributed by atoms with van der Waals surface area (Å²) in [6, 6.07) is 3.64. The number of hydrogen-bond donors (Lipinski definition) is 1. The number of ether oxygens (including phenoxy) is 2. The molecule has 0 fully saturated rings. The molecule has 0 atom stereocenters. The maximum atomic E-state index is 5.43. The third-order valence-corrected chi connectivity index (χ3v) is 1.72. The van der Waals surface area contributed by atoms with E-state index in [2.05, 4.69) is 17.2 Å². The average Bonchev–Trinajstić information content (AvgIpc) is 2.25. The van der Waals surface area contributed by atoms with Crippen molar-refractivity contribution in [3.8, 4) is 11.6 Å². The Balaban J connectivity index is 2.41. The van der Waals surface area contributed by atoms with Gasteiger partial charge in [0.05, 0.1) is 7.11 Å². The Morgan fingerprint density at radius 1 is 1.50 bits per heavy atom. The lowest BCUT2D eigenvalue weighted by atomic mass is 10.4. The molecular formula is C10H16N2O2. The summed E-state index contributed by atoms with van der Waals surface area (Å²) in [4.78, 5) is 4.07. The molecule has 0 spiro atoms. The first-order chi connectivity index (χ1) is 6.88. The predicted molar refractivity (Wildman–Crippen MR) is 54.8 cm³/mol. The molecule has 0 saturated carbocycles. The van der Waals surface area contributed by atoms with Gasteiger partial charge < -0.3 is 14.8 Å². The summed E-state index contributed by atoms with van der Waals surface area (Å²) >= 11 is 0. The van der Waals surface area contributed by atoms with Crippen LogP contribution in [0, 0.1) is 0 Å². The fourth-order valence-electron chi connectivity index (χ4n) is 1.04. The molecule has 0 aliphatic heterocycles. The zero-order valence-corrected chi connectivity index (χ0v) is 8.62. The first-order valence-corrected chi connectivity index (χ1v) is 4.71. The second-order valence-corrected chi connectivity index (χ2v) is 2.71. The lowest BCUT2D eigenvalue weighted by Crippen LogP contribution is -2.20. The Morgan fingerprint density at radius 3 is 3.07 bits per heavy atom. The summed E-state index contributed by atoms with van der Waals surface area (Å²) < 4.78 is 10.5. The van der Waals surface area contributed by atoms with Crippen molar-refractivity contribution >= 4 is 0 Å². The van der Waals surface area contributed by atoms with E-state index in [-0.39, 0.29) is 0 Å². The molecule has 1 rings (SSSR count). The fraction of sp³-hybridized carbons (Fsp3) is 0.500. The number of aromatic nitrogens is 1. The van der Waals surface area contributed by atoms with Gasteiger partial charge in [-0.05, 0) is 18.7 Å². The third kappa shape index (κ3) is 3.22. The lowest BCUT2D eigenvalue weighted by Gasteiger charge is -2.08. The van der Waals surface area contributed by atoms with Gasteiger partial charge in [-0.2, -0.15) is 0 Å². The number of hydrogen-bond acceptors (Lipinski definition) is 4. The van der Waals surface area contributed by atoms with Gasteiger partial charge >= 0.3 is 0 Å². The number of likely N-dealkylation sites (N-methyl/N-ethyl adjacent to an activating group) is 1. The molecule has 0 amide bonds. The van der Waals surface area contributed by atoms with Crippen LogP contribution >= 0.6 is 0 Å². The van der Waals surface area contributed by atoms with Crippen molar-refractivity contribution in [2.75, 3.05) is 26.8 Å². The zero-order valence-electron chi connectivity index (χ0n) is 8.62. The Bertz CT molecular complexity index is 266. The number of methoxy groups -OCH3 is 1. The Morgan fingerprint density at radius 2 is 2.36 bits per heavy atom. The largest absolute Gasteiger partial charge is 0.491 e. The van der Waals surface area contributed by atoms with E-state index in [0.29, 0.717) is 18.2 Å². The number of nitrogens with one attached hydrogen (secondary N) is 1. The van der Waals surface area contributed by atoms with Gasteiger partial charge in [0.25, 0.3) is 5.88 Å². The molecule has 1 aromatic heterocycles. The predicted octanol–water partition coefficient (Wildman–Crippen LogP) is 1.08. The van der Waals surface area contributed by atoms with Gasteiger partial charge in [-0.15, -0.1) is 0 Å². The molecule has 0 radical (unpaired) electrons. The highest BCUT2D eigenvalue weighted by atomic mass is 16.5. The Labute approximate surface area is 84.3 Å². The van der Waals surface area contributed by atoms with E-state index in [1.165, 1.54) is 0 Å². The number of nitrogens with zero attached hydrogens (tertiary/aromatic N) is 1. The van der Waals surface area contributed by atoms with Crippen LogP contribution in [0.15, 0.2) is 18.3 Å². The van der Waals surface area contributed by atoms with Crippen LogP contribution in [-0.2, 0) is 0 Å². The van der Waals surface area contributed by atoms with Crippen LogP contribution in [0.3, 0.4) is 0 Å². The molecule has 0 aliphatic carbocycles. The third-order valence-electron chi connectivity index (χ3n) is 1.72. The van der Waals surface area contributed by atoms with Crippen LogP contribution in [0.25, 0.3) is 0 Å². The van der Waals surface area contributed by atoms with Crippen molar-refractivity contribution in [2.45, 2.75) is 6.92 Å². The van der Waals surface area contributed by atoms with Crippen LogP contribution in [0.1, 0.15) is 6.92 Å². The summed E-state index contributed by atoms with van der Waals surface area (Å²) in [7, 11) is 1.61. The lowest BCUT2D eigenvalue weighted by molar-refractivity contribution is 0.281. The van der Waals surface area contributed by atoms with Crippen molar-refractivity contribution in [1.29, 1.82) is 0 Å². The zero-order chi connectivity index (χ0) is 10.2. The quantitative estimate of drug-likeness (QED) is 0.691. The fourth-order valence-corrected chi connectivity index (χ4v) is 1.04. The van der Waals surface area contributed by atoms with Gasteiger partial charge in [-0.1, -0.05) is 6.92 Å². The van der Waals surface area contributed by atoms with E-state index >= 15 is 0 Å². The van der Waals surface area contributed by atoms with E-state index in [1.807, 2.05) is 12.1 Å². The summed E-state index contributed by atoms with van der Waals surface area (Å²) in [5.74, 6) is 1.22. The second-order valence-electron chi connectivity index (χ2n) is 2.71. The van der Waals surface area contributed by atoms with E-state index in [4.69, 9.17) is 9.47 Å². The smallest absolute Gasteiger partial charge is 0.257 e. The van der Waals surface area contributed by atoms with Crippen LogP contribution in [0.2, 0.25) is 0 Å². The second kappa shape index (κ2) is 6.21. The van der Waals surface area contributed by atoms with Gasteiger partial charge in [-0.3, -0.25) is 0 Å². The van der Waals surface area contributed by atoms with Gasteiger partial charge in [0.15, 0.2) is 5.75 Å². The van der Waals surface area contributed by atoms with E-state index in [1.54, 1.807) is 13.3 Å². The summed E-state index contributed by atoms with van der Waals surface area (Å²) in [6.45, 7) is 4.42. The maximum absolute atomic E-state index is 5.43. The number of rotatable bonds is 6. The van der Waals surface area contributed by atoms with E-state index in [9.17, 15) is 0 Å². The van der Waals surface area contributed by atoms with Crippen molar-refractivity contribution in [3.63, 3.8) is 0 Å². The molecule has 0 saturated heterocycles. The maximum Gasteiger partial charge on any atom is 0.257 e. The van der Waals surface area contributed by atoms with Gasteiger partial charge in [0.2, 0.25) is 0 Å². The molecule has 14 heavy (non-hydrogen) atoms. The standard InChI is InChI=1S/C10H16N2O2/c1-3-11-7-8-14-10-9(13-2)5-4-6-12-10/h4-6,11H,3,7-8H2,1-2H3. The van der Waals surface area contributed by atoms with Crippen LogP contribution in [0.5, 0.6) is 11.6 Å². The molecule has 0 bridgehead atoms. The monoisotopic (exact) mass is 196 g/mol. The molecule has 1 aromatic rings. The highest BCUT2D eigenvalue weighted by Crippen LogP contribution is 2.22. The van der Waals surface area contributed by atoms with E-state index < -0.39 is 0 Å². The molecule has 1 heterocycles. The number of pyridine rings is 1. The Kier molecular flexibility index (Phi) is 4.78. The summed E-state index contributed by atoms with van der Waals surface area (Å²) in [6.07, 6.45) is 1.69. The highest BCUT2D eigenvalue weighted by Gasteiger charge is 2.02. The molecule has 78 valence electrons.